The lowest BCUT2D eigenvalue weighted by molar-refractivity contribution is 0.0697. The van der Waals surface area contributed by atoms with Gasteiger partial charge >= 0.3 is 5.97 Å². The average molecular weight is 392 g/mol. The van der Waals surface area contributed by atoms with Crippen LogP contribution < -0.4 is 10.1 Å². The zero-order chi connectivity index (χ0) is 20.3. The number of rotatable bonds is 4. The fraction of sp³-hybridized carbons (Fsp3) is 0.391. The maximum Gasteiger partial charge on any atom is 0.337 e. The highest BCUT2D eigenvalue weighted by molar-refractivity contribution is 5.93. The minimum absolute atomic E-state index is 0.196. The standard InChI is InChI=1S/C23H24N2O4/c26-22(27)19-6-11-24-15-20(19)25-14-17-7-12-29-21-13-16(3-4-18(17)21)5-10-23(28)8-1-2-9-23/h3-4,6,11,13,15,17,25,28H,1-2,7-9,12,14H2,(H,26,27). The summed E-state index contributed by atoms with van der Waals surface area (Å²) in [4.78, 5) is 15.4. The molecule has 2 aliphatic rings. The molecule has 4 rings (SSSR count). The van der Waals surface area contributed by atoms with E-state index in [4.69, 9.17) is 4.74 Å². The second-order valence-corrected chi connectivity index (χ2v) is 7.68. The Morgan fingerprint density at radius 1 is 1.31 bits per heavy atom. The van der Waals surface area contributed by atoms with Gasteiger partial charge in [-0.05, 0) is 55.9 Å². The van der Waals surface area contributed by atoms with Crippen molar-refractivity contribution in [3.05, 3.63) is 53.3 Å². The van der Waals surface area contributed by atoms with Crippen molar-refractivity contribution in [1.82, 2.24) is 4.98 Å². The number of carboxylic acids is 1. The van der Waals surface area contributed by atoms with E-state index in [9.17, 15) is 15.0 Å². The Morgan fingerprint density at radius 2 is 2.14 bits per heavy atom. The Bertz CT molecular complexity index is 970. The number of carboxylic acid groups (broad SMARTS) is 1. The highest BCUT2D eigenvalue weighted by Gasteiger charge is 2.28. The number of carbonyl (C=O) groups is 1. The van der Waals surface area contributed by atoms with Gasteiger partial charge in [-0.15, -0.1) is 0 Å². The maximum absolute atomic E-state index is 11.4. The van der Waals surface area contributed by atoms with Crippen LogP contribution in [0.1, 0.15) is 59.5 Å². The molecule has 0 amide bonds. The number of aromatic carboxylic acids is 1. The lowest BCUT2D eigenvalue weighted by Crippen LogP contribution is -2.22. The molecular formula is C23H24N2O4. The highest BCUT2D eigenvalue weighted by atomic mass is 16.5. The van der Waals surface area contributed by atoms with Gasteiger partial charge in [0.15, 0.2) is 0 Å². The summed E-state index contributed by atoms with van der Waals surface area (Å²) in [6, 6.07) is 7.40. The quantitative estimate of drug-likeness (QED) is 0.691. The van der Waals surface area contributed by atoms with E-state index in [0.717, 1.165) is 49.0 Å². The van der Waals surface area contributed by atoms with Crippen molar-refractivity contribution in [1.29, 1.82) is 0 Å². The zero-order valence-electron chi connectivity index (χ0n) is 16.1. The molecule has 1 unspecified atom stereocenters. The first kappa shape index (κ1) is 19.3. The number of hydrogen-bond acceptors (Lipinski definition) is 5. The summed E-state index contributed by atoms with van der Waals surface area (Å²) in [6.07, 6.45) is 7.37. The van der Waals surface area contributed by atoms with Gasteiger partial charge in [-0.1, -0.05) is 17.9 Å². The molecule has 29 heavy (non-hydrogen) atoms. The van der Waals surface area contributed by atoms with Gasteiger partial charge in [0.25, 0.3) is 0 Å². The average Bonchev–Trinajstić information content (AvgIpc) is 3.17. The minimum Gasteiger partial charge on any atom is -0.493 e. The van der Waals surface area contributed by atoms with Gasteiger partial charge in [0, 0.05) is 24.2 Å². The first-order valence-electron chi connectivity index (χ1n) is 9.98. The molecule has 1 saturated carbocycles. The summed E-state index contributed by atoms with van der Waals surface area (Å²) in [5.41, 5.74) is 1.78. The van der Waals surface area contributed by atoms with Crippen molar-refractivity contribution in [2.24, 2.45) is 0 Å². The van der Waals surface area contributed by atoms with Crippen LogP contribution in [-0.4, -0.2) is 39.9 Å². The predicted octanol–water partition coefficient (Wildman–Crippen LogP) is 3.41. The molecule has 1 aliphatic heterocycles. The van der Waals surface area contributed by atoms with Crippen molar-refractivity contribution in [3.8, 4) is 17.6 Å². The molecule has 0 bridgehead atoms. The SMILES string of the molecule is O=C(O)c1ccncc1NCC1CCOc2cc(C#CC3(O)CCCC3)ccc21. The van der Waals surface area contributed by atoms with Crippen molar-refractivity contribution < 1.29 is 19.7 Å². The number of aromatic nitrogens is 1. The van der Waals surface area contributed by atoms with Gasteiger partial charge in [0.2, 0.25) is 0 Å². The van der Waals surface area contributed by atoms with Crippen LogP contribution in [0.15, 0.2) is 36.7 Å². The summed E-state index contributed by atoms with van der Waals surface area (Å²) in [6.45, 7) is 1.19. The zero-order valence-corrected chi connectivity index (χ0v) is 16.1. The van der Waals surface area contributed by atoms with E-state index in [-0.39, 0.29) is 11.5 Å². The summed E-state index contributed by atoms with van der Waals surface area (Å²) >= 11 is 0. The summed E-state index contributed by atoms with van der Waals surface area (Å²) in [5, 5.41) is 23.0. The van der Waals surface area contributed by atoms with Gasteiger partial charge in [-0.2, -0.15) is 0 Å². The highest BCUT2D eigenvalue weighted by Crippen LogP contribution is 2.35. The number of benzene rings is 1. The number of hydrogen-bond donors (Lipinski definition) is 3. The summed E-state index contributed by atoms with van der Waals surface area (Å²) in [5.74, 6) is 6.15. The first-order chi connectivity index (χ1) is 14.0. The molecule has 6 heteroatoms. The number of aliphatic hydroxyl groups is 1. The van der Waals surface area contributed by atoms with Gasteiger partial charge in [-0.25, -0.2) is 4.79 Å². The molecule has 0 saturated heterocycles. The number of anilines is 1. The van der Waals surface area contributed by atoms with Gasteiger partial charge in [-0.3, -0.25) is 4.98 Å². The third-order valence-electron chi connectivity index (χ3n) is 5.64. The van der Waals surface area contributed by atoms with E-state index in [2.05, 4.69) is 22.1 Å². The Kier molecular flexibility index (Phi) is 5.41. The topological polar surface area (TPSA) is 91.7 Å². The third-order valence-corrected chi connectivity index (χ3v) is 5.64. The molecule has 1 fully saturated rings. The molecule has 3 N–H and O–H groups in total. The summed E-state index contributed by atoms with van der Waals surface area (Å²) in [7, 11) is 0. The fourth-order valence-corrected chi connectivity index (χ4v) is 3.98. The number of nitrogens with zero attached hydrogens (tertiary/aromatic N) is 1. The molecule has 1 atom stereocenters. The molecule has 2 heterocycles. The second kappa shape index (κ2) is 8.14. The number of pyridine rings is 1. The molecule has 6 nitrogen and oxygen atoms in total. The lowest BCUT2D eigenvalue weighted by atomic mass is 9.92. The van der Waals surface area contributed by atoms with Crippen LogP contribution in [0.25, 0.3) is 0 Å². The molecular weight excluding hydrogens is 368 g/mol. The van der Waals surface area contributed by atoms with Crippen molar-refractivity contribution in [2.75, 3.05) is 18.5 Å². The van der Waals surface area contributed by atoms with Crippen LogP contribution in [0.4, 0.5) is 5.69 Å². The Labute approximate surface area is 169 Å². The van der Waals surface area contributed by atoms with Crippen LogP contribution in [0.2, 0.25) is 0 Å². The molecule has 1 aromatic carbocycles. The van der Waals surface area contributed by atoms with Crippen molar-refractivity contribution >= 4 is 11.7 Å². The normalized spacial score (nSPS) is 19.4. The Hall–Kier alpha value is -3.04. The van der Waals surface area contributed by atoms with Crippen LogP contribution in [0.3, 0.4) is 0 Å². The molecule has 2 aromatic rings. The van der Waals surface area contributed by atoms with E-state index in [0.29, 0.717) is 18.8 Å². The van der Waals surface area contributed by atoms with Crippen LogP contribution in [0, 0.1) is 11.8 Å². The molecule has 1 aromatic heterocycles. The van der Waals surface area contributed by atoms with Crippen LogP contribution in [0.5, 0.6) is 5.75 Å². The van der Waals surface area contributed by atoms with Crippen LogP contribution in [-0.2, 0) is 0 Å². The first-order valence-corrected chi connectivity index (χ1v) is 9.98. The third kappa shape index (κ3) is 4.36. The minimum atomic E-state index is -0.977. The van der Waals surface area contributed by atoms with E-state index in [1.54, 1.807) is 0 Å². The lowest BCUT2D eigenvalue weighted by Gasteiger charge is -2.27. The number of fused-ring (bicyclic) bond motifs is 1. The van der Waals surface area contributed by atoms with Crippen molar-refractivity contribution in [3.63, 3.8) is 0 Å². The molecule has 0 spiro atoms. The predicted molar refractivity (Wildman–Crippen MR) is 109 cm³/mol. The smallest absolute Gasteiger partial charge is 0.337 e. The monoisotopic (exact) mass is 392 g/mol. The van der Waals surface area contributed by atoms with Crippen molar-refractivity contribution in [2.45, 2.75) is 43.6 Å². The number of nitrogens with one attached hydrogen (secondary N) is 1. The number of ether oxygens (including phenoxy) is 1. The second-order valence-electron chi connectivity index (χ2n) is 7.68. The summed E-state index contributed by atoms with van der Waals surface area (Å²) < 4.78 is 5.84. The van der Waals surface area contributed by atoms with E-state index >= 15 is 0 Å². The van der Waals surface area contributed by atoms with E-state index in [1.807, 2.05) is 18.2 Å². The van der Waals surface area contributed by atoms with Gasteiger partial charge in [0.05, 0.1) is 24.1 Å². The maximum atomic E-state index is 11.4. The molecule has 150 valence electrons. The molecule has 0 radical (unpaired) electrons. The van der Waals surface area contributed by atoms with Crippen LogP contribution >= 0.6 is 0 Å². The molecule has 1 aliphatic carbocycles. The fourth-order valence-electron chi connectivity index (χ4n) is 3.98. The van der Waals surface area contributed by atoms with E-state index in [1.165, 1.54) is 18.5 Å². The van der Waals surface area contributed by atoms with E-state index < -0.39 is 11.6 Å². The Morgan fingerprint density at radius 3 is 2.93 bits per heavy atom. The van der Waals surface area contributed by atoms with Gasteiger partial charge in [0.1, 0.15) is 11.4 Å². The largest absolute Gasteiger partial charge is 0.493 e. The Balaban J connectivity index is 1.49. The van der Waals surface area contributed by atoms with Gasteiger partial charge < -0.3 is 20.3 Å².